The Balaban J connectivity index is 2.20. The van der Waals surface area contributed by atoms with Gasteiger partial charge in [0, 0.05) is 30.7 Å². The zero-order valence-corrected chi connectivity index (χ0v) is 12.7. The molecule has 3 heteroatoms. The van der Waals surface area contributed by atoms with Crippen molar-refractivity contribution in [2.45, 2.75) is 52.2 Å². The molecule has 1 N–H and O–H groups in total. The summed E-state index contributed by atoms with van der Waals surface area (Å²) >= 11 is 0. The van der Waals surface area contributed by atoms with Gasteiger partial charge in [-0.1, -0.05) is 6.07 Å². The maximum atomic E-state index is 13.2. The molecule has 1 fully saturated rings. The van der Waals surface area contributed by atoms with Crippen molar-refractivity contribution in [3.63, 3.8) is 0 Å². The van der Waals surface area contributed by atoms with E-state index in [1.54, 1.807) is 12.1 Å². The van der Waals surface area contributed by atoms with Crippen molar-refractivity contribution in [3.05, 3.63) is 35.1 Å². The summed E-state index contributed by atoms with van der Waals surface area (Å²) in [6, 6.07) is 5.09. The zero-order chi connectivity index (χ0) is 14.3. The Kier molecular flexibility index (Phi) is 3.72. The topological polar surface area (TPSA) is 15.3 Å². The van der Waals surface area contributed by atoms with Gasteiger partial charge in [0.25, 0.3) is 0 Å². The minimum Gasteiger partial charge on any atom is -0.309 e. The van der Waals surface area contributed by atoms with Crippen LogP contribution >= 0.6 is 0 Å². The van der Waals surface area contributed by atoms with Gasteiger partial charge in [0.15, 0.2) is 0 Å². The van der Waals surface area contributed by atoms with Gasteiger partial charge in [-0.15, -0.1) is 0 Å². The average molecular weight is 264 g/mol. The summed E-state index contributed by atoms with van der Waals surface area (Å²) in [6.07, 6.45) is 0. The molecule has 106 valence electrons. The standard InChI is InChI=1S/C16H25FN2/c1-12-8-14(17)7-6-13(12)9-19-11-15(2,3)18-10-16(19,4)5/h6-8,18H,9-11H2,1-5H3. The van der Waals surface area contributed by atoms with E-state index in [0.29, 0.717) is 0 Å². The van der Waals surface area contributed by atoms with Gasteiger partial charge in [-0.25, -0.2) is 4.39 Å². The highest BCUT2D eigenvalue weighted by molar-refractivity contribution is 5.27. The van der Waals surface area contributed by atoms with E-state index in [0.717, 1.165) is 25.2 Å². The predicted octanol–water partition coefficient (Wildman–Crippen LogP) is 3.10. The molecule has 0 atom stereocenters. The molecule has 2 rings (SSSR count). The summed E-state index contributed by atoms with van der Waals surface area (Å²) in [4.78, 5) is 2.49. The number of nitrogens with one attached hydrogen (secondary N) is 1. The Morgan fingerprint density at radius 3 is 2.58 bits per heavy atom. The smallest absolute Gasteiger partial charge is 0.123 e. The molecule has 0 aromatic heterocycles. The van der Waals surface area contributed by atoms with E-state index in [2.05, 4.69) is 37.9 Å². The van der Waals surface area contributed by atoms with E-state index in [-0.39, 0.29) is 16.9 Å². The molecule has 1 aromatic carbocycles. The molecule has 1 aliphatic rings. The Morgan fingerprint density at radius 1 is 1.26 bits per heavy atom. The molecule has 1 aromatic rings. The molecule has 0 unspecified atom stereocenters. The Morgan fingerprint density at radius 2 is 1.95 bits per heavy atom. The van der Waals surface area contributed by atoms with Crippen molar-refractivity contribution >= 4 is 0 Å². The Labute approximate surface area is 116 Å². The molecule has 0 saturated carbocycles. The molecule has 0 radical (unpaired) electrons. The zero-order valence-electron chi connectivity index (χ0n) is 12.7. The minimum absolute atomic E-state index is 0.121. The third-order valence-corrected chi connectivity index (χ3v) is 4.11. The van der Waals surface area contributed by atoms with Crippen LogP contribution in [0.1, 0.15) is 38.8 Å². The maximum Gasteiger partial charge on any atom is 0.123 e. The first-order valence-electron chi connectivity index (χ1n) is 6.95. The second kappa shape index (κ2) is 4.88. The molecule has 0 amide bonds. The van der Waals surface area contributed by atoms with Gasteiger partial charge in [-0.05, 0) is 57.9 Å². The van der Waals surface area contributed by atoms with Crippen molar-refractivity contribution in [2.24, 2.45) is 0 Å². The molecule has 1 heterocycles. The quantitative estimate of drug-likeness (QED) is 0.883. The molecular formula is C16H25FN2. The molecule has 1 saturated heterocycles. The molecule has 2 nitrogen and oxygen atoms in total. The summed E-state index contributed by atoms with van der Waals surface area (Å²) in [5.41, 5.74) is 2.50. The van der Waals surface area contributed by atoms with Gasteiger partial charge in [-0.3, -0.25) is 4.90 Å². The second-order valence-electron chi connectivity index (χ2n) is 6.98. The van der Waals surface area contributed by atoms with E-state index in [1.807, 2.05) is 13.0 Å². The second-order valence-corrected chi connectivity index (χ2v) is 6.98. The minimum atomic E-state index is -0.152. The van der Waals surface area contributed by atoms with Crippen LogP contribution in [0.2, 0.25) is 0 Å². The van der Waals surface area contributed by atoms with Crippen LogP contribution in [-0.2, 0) is 6.54 Å². The Hall–Kier alpha value is -0.930. The monoisotopic (exact) mass is 264 g/mol. The average Bonchev–Trinajstić information content (AvgIpc) is 2.28. The lowest BCUT2D eigenvalue weighted by Crippen LogP contribution is -2.65. The number of benzene rings is 1. The van der Waals surface area contributed by atoms with Crippen LogP contribution in [0, 0.1) is 12.7 Å². The van der Waals surface area contributed by atoms with Crippen LogP contribution in [0.15, 0.2) is 18.2 Å². The fourth-order valence-corrected chi connectivity index (χ4v) is 2.63. The molecule has 1 aliphatic heterocycles. The van der Waals surface area contributed by atoms with E-state index in [1.165, 1.54) is 5.56 Å². The Bertz CT molecular complexity index is 466. The van der Waals surface area contributed by atoms with Crippen molar-refractivity contribution < 1.29 is 4.39 Å². The SMILES string of the molecule is Cc1cc(F)ccc1CN1CC(C)(C)NCC1(C)C. The lowest BCUT2D eigenvalue weighted by molar-refractivity contribution is 0.0322. The van der Waals surface area contributed by atoms with Crippen molar-refractivity contribution in [1.82, 2.24) is 10.2 Å². The predicted molar refractivity (Wildman–Crippen MR) is 77.7 cm³/mol. The van der Waals surface area contributed by atoms with Crippen LogP contribution in [0.4, 0.5) is 4.39 Å². The lowest BCUT2D eigenvalue weighted by Gasteiger charge is -2.49. The van der Waals surface area contributed by atoms with Gasteiger partial charge in [0.05, 0.1) is 0 Å². The number of hydrogen-bond acceptors (Lipinski definition) is 2. The lowest BCUT2D eigenvalue weighted by atomic mass is 9.90. The third kappa shape index (κ3) is 3.34. The molecule has 0 spiro atoms. The van der Waals surface area contributed by atoms with Crippen molar-refractivity contribution in [2.75, 3.05) is 13.1 Å². The van der Waals surface area contributed by atoms with E-state index >= 15 is 0 Å². The van der Waals surface area contributed by atoms with Gasteiger partial charge >= 0.3 is 0 Å². The van der Waals surface area contributed by atoms with Crippen molar-refractivity contribution in [3.8, 4) is 0 Å². The summed E-state index contributed by atoms with van der Waals surface area (Å²) in [5.74, 6) is -0.152. The number of halogens is 1. The number of rotatable bonds is 2. The fourth-order valence-electron chi connectivity index (χ4n) is 2.63. The van der Waals surface area contributed by atoms with Gasteiger partial charge in [0.2, 0.25) is 0 Å². The van der Waals surface area contributed by atoms with Crippen LogP contribution in [-0.4, -0.2) is 29.1 Å². The number of nitrogens with zero attached hydrogens (tertiary/aromatic N) is 1. The largest absolute Gasteiger partial charge is 0.309 e. The molecule has 0 aliphatic carbocycles. The van der Waals surface area contributed by atoms with Crippen LogP contribution in [0.5, 0.6) is 0 Å². The van der Waals surface area contributed by atoms with Crippen LogP contribution in [0.25, 0.3) is 0 Å². The fraction of sp³-hybridized carbons (Fsp3) is 0.625. The highest BCUT2D eigenvalue weighted by Crippen LogP contribution is 2.26. The number of hydrogen-bond donors (Lipinski definition) is 1. The molecule has 0 bridgehead atoms. The highest BCUT2D eigenvalue weighted by atomic mass is 19.1. The summed E-state index contributed by atoms with van der Waals surface area (Å²) in [6.45, 7) is 13.8. The maximum absolute atomic E-state index is 13.2. The van der Waals surface area contributed by atoms with Crippen LogP contribution in [0.3, 0.4) is 0 Å². The first-order chi connectivity index (χ1) is 8.70. The van der Waals surface area contributed by atoms with Gasteiger partial charge in [0.1, 0.15) is 5.82 Å². The first-order valence-corrected chi connectivity index (χ1v) is 6.95. The number of piperazine rings is 1. The highest BCUT2D eigenvalue weighted by Gasteiger charge is 2.37. The van der Waals surface area contributed by atoms with Crippen LogP contribution < -0.4 is 5.32 Å². The van der Waals surface area contributed by atoms with Gasteiger partial charge in [-0.2, -0.15) is 0 Å². The normalized spacial score (nSPS) is 22.4. The summed E-state index contributed by atoms with van der Waals surface area (Å²) < 4.78 is 13.2. The number of aryl methyl sites for hydroxylation is 1. The third-order valence-electron chi connectivity index (χ3n) is 4.11. The van der Waals surface area contributed by atoms with E-state index in [4.69, 9.17) is 0 Å². The van der Waals surface area contributed by atoms with E-state index in [9.17, 15) is 4.39 Å². The van der Waals surface area contributed by atoms with Gasteiger partial charge < -0.3 is 5.32 Å². The molecule has 19 heavy (non-hydrogen) atoms. The molecular weight excluding hydrogens is 239 g/mol. The first kappa shape index (κ1) is 14.5. The summed E-state index contributed by atoms with van der Waals surface area (Å²) in [5, 5.41) is 3.59. The summed E-state index contributed by atoms with van der Waals surface area (Å²) in [7, 11) is 0. The van der Waals surface area contributed by atoms with E-state index < -0.39 is 0 Å². The van der Waals surface area contributed by atoms with Crippen molar-refractivity contribution in [1.29, 1.82) is 0 Å².